The second-order valence-corrected chi connectivity index (χ2v) is 6.45. The van der Waals surface area contributed by atoms with Gasteiger partial charge < -0.3 is 4.74 Å². The predicted octanol–water partition coefficient (Wildman–Crippen LogP) is 4.58. The Kier molecular flexibility index (Phi) is 4.99. The minimum absolute atomic E-state index is 0.227. The fourth-order valence-corrected chi connectivity index (χ4v) is 1.82. The molecule has 0 spiro atoms. The normalized spacial score (nSPS) is 13.5. The third-order valence-electron chi connectivity index (χ3n) is 2.84. The molecule has 0 saturated heterocycles. The van der Waals surface area contributed by atoms with Crippen molar-refractivity contribution < 1.29 is 9.13 Å². The zero-order valence-electron chi connectivity index (χ0n) is 10.9. The van der Waals surface area contributed by atoms with Crippen molar-refractivity contribution in [3.8, 4) is 5.75 Å². The van der Waals surface area contributed by atoms with Gasteiger partial charge in [0.1, 0.15) is 0 Å². The molecule has 0 heterocycles. The molecule has 3 heteroatoms. The van der Waals surface area contributed by atoms with Gasteiger partial charge in [-0.15, -0.1) is 0 Å². The summed E-state index contributed by atoms with van der Waals surface area (Å²) in [5.74, 6) is 0.0202. The van der Waals surface area contributed by atoms with E-state index in [0.29, 0.717) is 10.6 Å². The van der Waals surface area contributed by atoms with Crippen molar-refractivity contribution in [2.24, 2.45) is 5.41 Å². The van der Waals surface area contributed by atoms with Crippen molar-refractivity contribution in [1.29, 1.82) is 0 Å². The van der Waals surface area contributed by atoms with Gasteiger partial charge in [-0.2, -0.15) is 0 Å². The monoisotopic (exact) mass is 302 g/mol. The molecule has 1 atom stereocenters. The highest BCUT2D eigenvalue weighted by Crippen LogP contribution is 2.30. The molecule has 0 amide bonds. The third-order valence-corrected chi connectivity index (χ3v) is 4.67. The van der Waals surface area contributed by atoms with Gasteiger partial charge in [-0.3, -0.25) is 0 Å². The van der Waals surface area contributed by atoms with Gasteiger partial charge in [-0.25, -0.2) is 4.39 Å². The molecule has 0 aliphatic heterocycles. The van der Waals surface area contributed by atoms with Crippen molar-refractivity contribution in [2.75, 3.05) is 7.11 Å². The number of aryl methyl sites for hydroxylation is 1. The van der Waals surface area contributed by atoms with Crippen LogP contribution in [0.4, 0.5) is 4.39 Å². The summed E-state index contributed by atoms with van der Waals surface area (Å²) in [4.78, 5) is 0.431. The average Bonchev–Trinajstić information content (AvgIpc) is 2.24. The Morgan fingerprint density at radius 2 is 2.00 bits per heavy atom. The van der Waals surface area contributed by atoms with Gasteiger partial charge in [0.2, 0.25) is 0 Å². The lowest BCUT2D eigenvalue weighted by Crippen LogP contribution is -2.20. The number of alkyl halides is 1. The molecule has 1 aromatic carbocycles. The Bertz CT molecular complexity index is 371. The van der Waals surface area contributed by atoms with Crippen LogP contribution in [-0.4, -0.2) is 11.9 Å². The van der Waals surface area contributed by atoms with E-state index in [1.807, 2.05) is 6.07 Å². The molecular weight excluding hydrogens is 283 g/mol. The minimum Gasteiger partial charge on any atom is -0.494 e. The molecule has 0 radical (unpaired) electrons. The fourth-order valence-electron chi connectivity index (χ4n) is 1.59. The van der Waals surface area contributed by atoms with E-state index in [1.165, 1.54) is 7.11 Å². The van der Waals surface area contributed by atoms with E-state index in [9.17, 15) is 4.39 Å². The van der Waals surface area contributed by atoms with E-state index in [-0.39, 0.29) is 11.2 Å². The summed E-state index contributed by atoms with van der Waals surface area (Å²) < 4.78 is 18.4. The van der Waals surface area contributed by atoms with Crippen molar-refractivity contribution >= 4 is 15.9 Å². The largest absolute Gasteiger partial charge is 0.494 e. The molecular formula is C14H20BrFO. The molecule has 1 rings (SSSR count). The Hall–Kier alpha value is -0.570. The standard InChI is InChI=1S/C14H20BrFO/c1-14(2,3)13(15)8-6-10-5-7-12(17-4)11(16)9-10/h5,7,9,13H,6,8H2,1-4H3. The first-order chi connectivity index (χ1) is 7.84. The number of benzene rings is 1. The highest BCUT2D eigenvalue weighted by Gasteiger charge is 2.21. The Labute approximate surface area is 111 Å². The zero-order valence-corrected chi connectivity index (χ0v) is 12.5. The van der Waals surface area contributed by atoms with Crippen molar-refractivity contribution in [1.82, 2.24) is 0 Å². The number of hydrogen-bond acceptors (Lipinski definition) is 1. The molecule has 0 N–H and O–H groups in total. The molecule has 0 bridgehead atoms. The van der Waals surface area contributed by atoms with Crippen LogP contribution in [0.1, 0.15) is 32.8 Å². The fraction of sp³-hybridized carbons (Fsp3) is 0.571. The molecule has 0 aliphatic rings. The number of methoxy groups -OCH3 is 1. The lowest BCUT2D eigenvalue weighted by Gasteiger charge is -2.25. The van der Waals surface area contributed by atoms with Crippen molar-refractivity contribution in [2.45, 2.75) is 38.4 Å². The smallest absolute Gasteiger partial charge is 0.165 e. The SMILES string of the molecule is COc1ccc(CCC(Br)C(C)(C)C)cc1F. The molecule has 1 unspecified atom stereocenters. The molecule has 0 aliphatic carbocycles. The summed E-state index contributed by atoms with van der Waals surface area (Å²) in [5.41, 5.74) is 1.24. The van der Waals surface area contributed by atoms with Crippen LogP contribution >= 0.6 is 15.9 Å². The Balaban J connectivity index is 2.61. The summed E-state index contributed by atoms with van der Waals surface area (Å²) in [6.07, 6.45) is 1.86. The second kappa shape index (κ2) is 5.85. The molecule has 1 nitrogen and oxygen atoms in total. The highest BCUT2D eigenvalue weighted by molar-refractivity contribution is 9.09. The van der Waals surface area contributed by atoms with E-state index in [1.54, 1.807) is 12.1 Å². The first kappa shape index (κ1) is 14.5. The molecule has 17 heavy (non-hydrogen) atoms. The summed E-state index contributed by atoms with van der Waals surface area (Å²) in [7, 11) is 1.48. The Morgan fingerprint density at radius 1 is 1.35 bits per heavy atom. The van der Waals surface area contributed by atoms with Crippen LogP contribution in [-0.2, 0) is 6.42 Å². The maximum atomic E-state index is 13.5. The number of ether oxygens (including phenoxy) is 1. The maximum absolute atomic E-state index is 13.5. The summed E-state index contributed by atoms with van der Waals surface area (Å²) in [5, 5.41) is 0. The van der Waals surface area contributed by atoms with Crippen LogP contribution in [0, 0.1) is 11.2 Å². The molecule has 0 saturated carbocycles. The first-order valence-electron chi connectivity index (χ1n) is 5.81. The Morgan fingerprint density at radius 3 is 2.47 bits per heavy atom. The summed E-state index contributed by atoms with van der Waals surface area (Å²) in [6, 6.07) is 5.16. The van der Waals surface area contributed by atoms with E-state index < -0.39 is 0 Å². The molecule has 0 fully saturated rings. The van der Waals surface area contributed by atoms with Gasteiger partial charge in [-0.05, 0) is 36.0 Å². The molecule has 1 aromatic rings. The topological polar surface area (TPSA) is 9.23 Å². The predicted molar refractivity (Wildman–Crippen MR) is 73.4 cm³/mol. The zero-order chi connectivity index (χ0) is 13.1. The molecule has 96 valence electrons. The minimum atomic E-state index is -0.285. The average molecular weight is 303 g/mol. The maximum Gasteiger partial charge on any atom is 0.165 e. The van der Waals surface area contributed by atoms with Gasteiger partial charge in [0.15, 0.2) is 11.6 Å². The lowest BCUT2D eigenvalue weighted by atomic mass is 9.89. The number of rotatable bonds is 4. The van der Waals surface area contributed by atoms with Crippen LogP contribution in [0.5, 0.6) is 5.75 Å². The van der Waals surface area contributed by atoms with E-state index in [2.05, 4.69) is 36.7 Å². The van der Waals surface area contributed by atoms with E-state index in [4.69, 9.17) is 4.74 Å². The van der Waals surface area contributed by atoms with Crippen LogP contribution in [0.2, 0.25) is 0 Å². The van der Waals surface area contributed by atoms with Gasteiger partial charge in [-0.1, -0.05) is 42.8 Å². The molecule has 0 aromatic heterocycles. The van der Waals surface area contributed by atoms with Gasteiger partial charge in [0.25, 0.3) is 0 Å². The van der Waals surface area contributed by atoms with Crippen LogP contribution in [0.25, 0.3) is 0 Å². The van der Waals surface area contributed by atoms with Crippen LogP contribution in [0.15, 0.2) is 18.2 Å². The summed E-state index contributed by atoms with van der Waals surface area (Å²) in [6.45, 7) is 6.59. The van der Waals surface area contributed by atoms with Crippen molar-refractivity contribution in [3.63, 3.8) is 0 Å². The van der Waals surface area contributed by atoms with E-state index in [0.717, 1.165) is 18.4 Å². The van der Waals surface area contributed by atoms with Crippen LogP contribution < -0.4 is 4.74 Å². The highest BCUT2D eigenvalue weighted by atomic mass is 79.9. The quantitative estimate of drug-likeness (QED) is 0.740. The number of hydrogen-bond donors (Lipinski definition) is 0. The second-order valence-electron chi connectivity index (χ2n) is 5.34. The first-order valence-corrected chi connectivity index (χ1v) is 6.72. The number of halogens is 2. The van der Waals surface area contributed by atoms with Gasteiger partial charge in [0, 0.05) is 4.83 Å². The van der Waals surface area contributed by atoms with Crippen molar-refractivity contribution in [3.05, 3.63) is 29.6 Å². The van der Waals surface area contributed by atoms with E-state index >= 15 is 0 Å². The summed E-state index contributed by atoms with van der Waals surface area (Å²) >= 11 is 3.68. The third kappa shape index (κ3) is 4.30. The van der Waals surface area contributed by atoms with Crippen LogP contribution in [0.3, 0.4) is 0 Å². The van der Waals surface area contributed by atoms with Gasteiger partial charge in [0.05, 0.1) is 7.11 Å². The van der Waals surface area contributed by atoms with Gasteiger partial charge >= 0.3 is 0 Å². The lowest BCUT2D eigenvalue weighted by molar-refractivity contribution is 0.382.